The minimum atomic E-state index is -3.71. The first kappa shape index (κ1) is 27.4. The van der Waals surface area contributed by atoms with Crippen LogP contribution in [0.25, 0.3) is 0 Å². The first-order chi connectivity index (χ1) is 17.1. The van der Waals surface area contributed by atoms with Crippen LogP contribution in [0, 0.1) is 0 Å². The number of nitrogens with zero attached hydrogens (tertiary/aromatic N) is 2. The van der Waals surface area contributed by atoms with Crippen LogP contribution >= 0.6 is 0 Å². The van der Waals surface area contributed by atoms with Gasteiger partial charge in [-0.2, -0.15) is 5.06 Å². The molecule has 1 heterocycles. The number of allylic oxidation sites excluding steroid dienone is 2. The molecular formula is C27H35N3O5S. The third kappa shape index (κ3) is 6.34. The molecule has 0 saturated heterocycles. The number of anilines is 1. The van der Waals surface area contributed by atoms with Gasteiger partial charge in [0.1, 0.15) is 10.6 Å². The topological polar surface area (TPSA) is 99.2 Å². The highest BCUT2D eigenvalue weighted by molar-refractivity contribution is 7.90. The second-order valence-corrected chi connectivity index (χ2v) is 10.9. The Hall–Kier alpha value is -3.14. The number of amides is 2. The van der Waals surface area contributed by atoms with Crippen LogP contribution in [0.1, 0.15) is 43.9 Å². The minimum Gasteiger partial charge on any atom is -0.495 e. The SMILES string of the molecule is C/C=C\C(=C/CC)C(C)N(O)C(=O)Nc1ccc(S(=O)(=O)Cc2ccc3c(c2)CN(C)C3)c(OC)c1. The van der Waals surface area contributed by atoms with Gasteiger partial charge in [0.15, 0.2) is 9.84 Å². The van der Waals surface area contributed by atoms with Crippen LogP contribution in [-0.2, 0) is 28.7 Å². The van der Waals surface area contributed by atoms with E-state index in [0.717, 1.165) is 30.6 Å². The highest BCUT2D eigenvalue weighted by Gasteiger charge is 2.24. The smallest absolute Gasteiger partial charge is 0.346 e. The number of hydrogen-bond acceptors (Lipinski definition) is 6. The predicted molar refractivity (Wildman–Crippen MR) is 141 cm³/mol. The molecule has 1 aliphatic heterocycles. The van der Waals surface area contributed by atoms with Crippen LogP contribution in [0.5, 0.6) is 5.75 Å². The number of benzene rings is 2. The average molecular weight is 514 g/mol. The second-order valence-electron chi connectivity index (χ2n) is 8.96. The molecule has 2 N–H and O–H groups in total. The number of nitrogens with one attached hydrogen (secondary N) is 1. The van der Waals surface area contributed by atoms with Crippen molar-refractivity contribution in [3.05, 3.63) is 76.9 Å². The summed E-state index contributed by atoms with van der Waals surface area (Å²) in [5, 5.41) is 13.7. The molecule has 1 atom stereocenters. The van der Waals surface area contributed by atoms with E-state index in [1.165, 1.54) is 30.9 Å². The molecule has 2 aromatic carbocycles. The number of fused-ring (bicyclic) bond motifs is 1. The zero-order valence-corrected chi connectivity index (χ0v) is 22.3. The first-order valence-corrected chi connectivity index (χ1v) is 13.6. The number of urea groups is 1. The summed E-state index contributed by atoms with van der Waals surface area (Å²) in [5.74, 6) is -0.0439. The summed E-state index contributed by atoms with van der Waals surface area (Å²) in [7, 11) is -0.304. The van der Waals surface area contributed by atoms with Gasteiger partial charge in [-0.25, -0.2) is 13.2 Å². The third-order valence-electron chi connectivity index (χ3n) is 6.11. The quantitative estimate of drug-likeness (QED) is 0.274. The van der Waals surface area contributed by atoms with Crippen molar-refractivity contribution in [1.29, 1.82) is 0 Å². The van der Waals surface area contributed by atoms with Gasteiger partial charge in [-0.3, -0.25) is 10.1 Å². The molecule has 1 aliphatic rings. The Morgan fingerprint density at radius 1 is 1.22 bits per heavy atom. The monoisotopic (exact) mass is 513 g/mol. The van der Waals surface area contributed by atoms with E-state index in [1.807, 2.05) is 57.3 Å². The molecular weight excluding hydrogens is 478 g/mol. The number of carbonyl (C=O) groups excluding carboxylic acids is 1. The van der Waals surface area contributed by atoms with E-state index in [1.54, 1.807) is 6.92 Å². The number of hydroxylamine groups is 2. The number of ether oxygens (including phenoxy) is 1. The van der Waals surface area contributed by atoms with Crippen molar-refractivity contribution in [2.24, 2.45) is 0 Å². The molecule has 36 heavy (non-hydrogen) atoms. The molecule has 0 radical (unpaired) electrons. The zero-order chi connectivity index (χ0) is 26.5. The van der Waals surface area contributed by atoms with Crippen molar-refractivity contribution < 1.29 is 23.2 Å². The Bertz CT molecular complexity index is 1270. The fourth-order valence-corrected chi connectivity index (χ4v) is 5.81. The van der Waals surface area contributed by atoms with Gasteiger partial charge < -0.3 is 10.1 Å². The number of carbonyl (C=O) groups is 1. The van der Waals surface area contributed by atoms with E-state index in [4.69, 9.17) is 4.74 Å². The van der Waals surface area contributed by atoms with Gasteiger partial charge in [-0.05, 0) is 61.7 Å². The Labute approximate surface area is 213 Å². The van der Waals surface area contributed by atoms with E-state index >= 15 is 0 Å². The predicted octanol–water partition coefficient (Wildman–Crippen LogP) is 5.14. The van der Waals surface area contributed by atoms with Gasteiger partial charge in [-0.15, -0.1) is 0 Å². The van der Waals surface area contributed by atoms with E-state index in [-0.39, 0.29) is 16.4 Å². The summed E-state index contributed by atoms with van der Waals surface area (Å²) in [6.07, 6.45) is 6.37. The van der Waals surface area contributed by atoms with Gasteiger partial charge in [0.25, 0.3) is 0 Å². The molecule has 194 valence electrons. The van der Waals surface area contributed by atoms with Crippen LogP contribution in [0.3, 0.4) is 0 Å². The molecule has 3 rings (SSSR count). The average Bonchev–Trinajstić information content (AvgIpc) is 3.21. The molecule has 0 bridgehead atoms. The molecule has 9 heteroatoms. The lowest BCUT2D eigenvalue weighted by Crippen LogP contribution is -2.39. The summed E-state index contributed by atoms with van der Waals surface area (Å²) in [6.45, 7) is 7.21. The summed E-state index contributed by atoms with van der Waals surface area (Å²) >= 11 is 0. The Kier molecular flexibility index (Phi) is 8.94. The lowest BCUT2D eigenvalue weighted by atomic mass is 10.1. The Morgan fingerprint density at radius 2 is 1.94 bits per heavy atom. The fourth-order valence-electron chi connectivity index (χ4n) is 4.31. The van der Waals surface area contributed by atoms with Crippen LogP contribution in [0.2, 0.25) is 0 Å². The molecule has 1 unspecified atom stereocenters. The van der Waals surface area contributed by atoms with Gasteiger partial charge in [0.2, 0.25) is 0 Å². The van der Waals surface area contributed by atoms with Crippen LogP contribution < -0.4 is 10.1 Å². The van der Waals surface area contributed by atoms with E-state index in [2.05, 4.69) is 10.2 Å². The van der Waals surface area contributed by atoms with Gasteiger partial charge in [0.05, 0.1) is 18.9 Å². The van der Waals surface area contributed by atoms with Gasteiger partial charge >= 0.3 is 6.03 Å². The molecule has 2 amide bonds. The van der Waals surface area contributed by atoms with E-state index in [9.17, 15) is 18.4 Å². The number of methoxy groups -OCH3 is 1. The van der Waals surface area contributed by atoms with Crippen molar-refractivity contribution in [2.45, 2.75) is 57.0 Å². The van der Waals surface area contributed by atoms with Crippen LogP contribution in [0.4, 0.5) is 10.5 Å². The third-order valence-corrected chi connectivity index (χ3v) is 7.83. The second kappa shape index (κ2) is 11.7. The summed E-state index contributed by atoms with van der Waals surface area (Å²) in [5.41, 5.74) is 4.17. The number of hydrogen-bond donors (Lipinski definition) is 2. The number of sulfone groups is 1. The van der Waals surface area contributed by atoms with E-state index in [0.29, 0.717) is 16.3 Å². The number of rotatable bonds is 9. The lowest BCUT2D eigenvalue weighted by molar-refractivity contribution is -0.0564. The Morgan fingerprint density at radius 3 is 2.61 bits per heavy atom. The lowest BCUT2D eigenvalue weighted by Gasteiger charge is -2.24. The van der Waals surface area contributed by atoms with Crippen molar-refractivity contribution in [3.8, 4) is 5.75 Å². The maximum Gasteiger partial charge on any atom is 0.346 e. The highest BCUT2D eigenvalue weighted by Crippen LogP contribution is 2.31. The minimum absolute atomic E-state index is 0.0380. The van der Waals surface area contributed by atoms with Gasteiger partial charge in [0, 0.05) is 24.8 Å². The molecule has 0 saturated carbocycles. The summed E-state index contributed by atoms with van der Waals surface area (Å²) in [4.78, 5) is 14.9. The zero-order valence-electron chi connectivity index (χ0n) is 21.5. The van der Waals surface area contributed by atoms with Crippen molar-refractivity contribution >= 4 is 21.6 Å². The first-order valence-electron chi connectivity index (χ1n) is 11.9. The molecule has 0 spiro atoms. The van der Waals surface area contributed by atoms with Crippen molar-refractivity contribution in [3.63, 3.8) is 0 Å². The fraction of sp³-hybridized carbons (Fsp3) is 0.370. The standard InChI is InChI=1S/C27H35N3O5S/c1-6-8-21(9-7-2)19(3)30(32)27(31)28-24-12-13-26(25(15-24)35-5)36(33,34)18-20-10-11-22-16-29(4)17-23(22)14-20/h6,8-15,19,32H,7,16-18H2,1-5H3,(H,28,31)/b8-6-,21-9+. The van der Waals surface area contributed by atoms with Crippen molar-refractivity contribution in [2.75, 3.05) is 19.5 Å². The maximum absolute atomic E-state index is 13.2. The molecule has 0 fully saturated rings. The maximum atomic E-state index is 13.2. The molecule has 8 nitrogen and oxygen atoms in total. The molecule has 2 aromatic rings. The van der Waals surface area contributed by atoms with E-state index < -0.39 is 21.9 Å². The normalized spacial score (nSPS) is 15.1. The Balaban J connectivity index is 1.77. The summed E-state index contributed by atoms with van der Waals surface area (Å²) < 4.78 is 31.8. The highest BCUT2D eigenvalue weighted by atomic mass is 32.2. The summed E-state index contributed by atoms with van der Waals surface area (Å²) in [6, 6.07) is 8.81. The molecule has 0 aromatic heterocycles. The van der Waals surface area contributed by atoms with Crippen LogP contribution in [0.15, 0.2) is 65.1 Å². The largest absolute Gasteiger partial charge is 0.495 e. The molecule has 0 aliphatic carbocycles. The van der Waals surface area contributed by atoms with Crippen LogP contribution in [-0.4, -0.2) is 49.8 Å². The van der Waals surface area contributed by atoms with Gasteiger partial charge in [-0.1, -0.05) is 43.4 Å². The van der Waals surface area contributed by atoms with Crippen molar-refractivity contribution in [1.82, 2.24) is 9.96 Å².